The van der Waals surface area contributed by atoms with Crippen molar-refractivity contribution in [3.05, 3.63) is 29.3 Å². The Labute approximate surface area is 102 Å². The highest BCUT2D eigenvalue weighted by Crippen LogP contribution is 2.38. The van der Waals surface area contributed by atoms with Gasteiger partial charge in [-0.15, -0.1) is 11.6 Å². The molecule has 0 radical (unpaired) electrons. The molecule has 0 atom stereocenters. The van der Waals surface area contributed by atoms with Crippen LogP contribution in [0.15, 0.2) is 18.2 Å². The van der Waals surface area contributed by atoms with Gasteiger partial charge < -0.3 is 4.74 Å². The minimum absolute atomic E-state index is 0.0967. The Morgan fingerprint density at radius 2 is 2.25 bits per heavy atom. The van der Waals surface area contributed by atoms with Crippen LogP contribution in [-0.2, 0) is 5.41 Å². The van der Waals surface area contributed by atoms with E-state index in [9.17, 15) is 0 Å². The quantitative estimate of drug-likeness (QED) is 0.535. The average molecular weight is 235 g/mol. The predicted octanol–water partition coefficient (Wildman–Crippen LogP) is 3.34. The highest BCUT2D eigenvalue weighted by Gasteiger charge is 2.31. The molecule has 1 aliphatic rings. The van der Waals surface area contributed by atoms with Crippen molar-refractivity contribution in [2.75, 3.05) is 12.5 Å². The summed E-state index contributed by atoms with van der Waals surface area (Å²) in [5.41, 5.74) is 2.40. The van der Waals surface area contributed by atoms with Crippen LogP contribution in [0.1, 0.15) is 31.4 Å². The van der Waals surface area contributed by atoms with Gasteiger partial charge in [0.2, 0.25) is 0 Å². The van der Waals surface area contributed by atoms with Gasteiger partial charge in [-0.05, 0) is 18.2 Å². The Hall–Kier alpha value is -1.13. The van der Waals surface area contributed by atoms with Crippen LogP contribution in [0.3, 0.4) is 0 Å². The number of fused-ring (bicyclic) bond motifs is 1. The summed E-state index contributed by atoms with van der Waals surface area (Å²) in [5, 5.41) is 0. The minimum Gasteiger partial charge on any atom is -0.492 e. The molecule has 2 heteroatoms. The van der Waals surface area contributed by atoms with Gasteiger partial charge in [-0.25, -0.2) is 0 Å². The Kier molecular flexibility index (Phi) is 3.12. The molecule has 0 aliphatic carbocycles. The topological polar surface area (TPSA) is 9.23 Å². The zero-order chi connectivity index (χ0) is 11.6. The molecule has 0 unspecified atom stereocenters. The molecular formula is C14H15ClO. The molecule has 0 saturated heterocycles. The number of hydrogen-bond donors (Lipinski definition) is 0. The van der Waals surface area contributed by atoms with Crippen LogP contribution in [0.4, 0.5) is 0 Å². The normalized spacial score (nSPS) is 15.9. The smallest absolute Gasteiger partial charge is 0.123 e. The standard InChI is InChI=1S/C14H15ClO/c1-14(2)10-16-13-7-6-11(9-12(13)14)5-3-4-8-15/h6-7,9H,4,8,10H2,1-2H3. The van der Waals surface area contributed by atoms with Gasteiger partial charge in [0.15, 0.2) is 0 Å². The molecule has 16 heavy (non-hydrogen) atoms. The fourth-order valence-electron chi connectivity index (χ4n) is 1.81. The number of alkyl halides is 1. The van der Waals surface area contributed by atoms with Gasteiger partial charge in [0.05, 0.1) is 6.61 Å². The van der Waals surface area contributed by atoms with E-state index in [2.05, 4.69) is 31.8 Å². The van der Waals surface area contributed by atoms with Crippen molar-refractivity contribution in [3.63, 3.8) is 0 Å². The van der Waals surface area contributed by atoms with E-state index in [1.54, 1.807) is 0 Å². The van der Waals surface area contributed by atoms with E-state index in [-0.39, 0.29) is 5.41 Å². The lowest BCUT2D eigenvalue weighted by atomic mass is 9.86. The van der Waals surface area contributed by atoms with E-state index >= 15 is 0 Å². The molecule has 0 aromatic heterocycles. The van der Waals surface area contributed by atoms with Crippen LogP contribution >= 0.6 is 11.6 Å². The first-order valence-electron chi connectivity index (χ1n) is 5.46. The number of halogens is 1. The molecule has 1 nitrogen and oxygen atoms in total. The van der Waals surface area contributed by atoms with Crippen molar-refractivity contribution < 1.29 is 4.74 Å². The van der Waals surface area contributed by atoms with Crippen LogP contribution in [0.25, 0.3) is 0 Å². The lowest BCUT2D eigenvalue weighted by Gasteiger charge is -2.14. The van der Waals surface area contributed by atoms with Crippen LogP contribution in [0.5, 0.6) is 5.75 Å². The van der Waals surface area contributed by atoms with Gasteiger partial charge in [0.25, 0.3) is 0 Å². The molecule has 84 valence electrons. The van der Waals surface area contributed by atoms with E-state index < -0.39 is 0 Å². The van der Waals surface area contributed by atoms with Crippen molar-refractivity contribution >= 4 is 11.6 Å². The molecule has 2 rings (SSSR count). The number of benzene rings is 1. The third-order valence-electron chi connectivity index (χ3n) is 2.75. The van der Waals surface area contributed by atoms with Crippen LogP contribution in [-0.4, -0.2) is 12.5 Å². The van der Waals surface area contributed by atoms with Gasteiger partial charge in [-0.3, -0.25) is 0 Å². The Morgan fingerprint density at radius 3 is 3.00 bits per heavy atom. The lowest BCUT2D eigenvalue weighted by Crippen LogP contribution is -2.18. The number of ether oxygens (including phenoxy) is 1. The second-order valence-electron chi connectivity index (χ2n) is 4.62. The molecule has 0 bridgehead atoms. The lowest BCUT2D eigenvalue weighted by molar-refractivity contribution is 0.291. The molecule has 1 aromatic carbocycles. The van der Waals surface area contributed by atoms with Crippen LogP contribution < -0.4 is 4.74 Å². The van der Waals surface area contributed by atoms with E-state index in [1.807, 2.05) is 12.1 Å². The maximum absolute atomic E-state index is 5.63. The van der Waals surface area contributed by atoms with E-state index in [1.165, 1.54) is 5.56 Å². The third kappa shape index (κ3) is 2.18. The summed E-state index contributed by atoms with van der Waals surface area (Å²) in [5.74, 6) is 7.75. The highest BCUT2D eigenvalue weighted by molar-refractivity contribution is 6.18. The monoisotopic (exact) mass is 234 g/mol. The first-order valence-corrected chi connectivity index (χ1v) is 5.99. The van der Waals surface area contributed by atoms with Gasteiger partial charge in [0, 0.05) is 28.8 Å². The highest BCUT2D eigenvalue weighted by atomic mass is 35.5. The summed E-state index contributed by atoms with van der Waals surface area (Å²) in [4.78, 5) is 0. The average Bonchev–Trinajstić information content (AvgIpc) is 2.56. The molecular weight excluding hydrogens is 220 g/mol. The first-order chi connectivity index (χ1) is 7.63. The van der Waals surface area contributed by atoms with E-state index in [0.717, 1.165) is 24.3 Å². The molecule has 0 N–H and O–H groups in total. The number of rotatable bonds is 1. The summed E-state index contributed by atoms with van der Waals surface area (Å²) in [7, 11) is 0. The third-order valence-corrected chi connectivity index (χ3v) is 2.94. The van der Waals surface area contributed by atoms with Crippen molar-refractivity contribution in [2.24, 2.45) is 0 Å². The fourth-order valence-corrected chi connectivity index (χ4v) is 1.90. The first kappa shape index (κ1) is 11.4. The van der Waals surface area contributed by atoms with Gasteiger partial charge in [-0.2, -0.15) is 0 Å². The zero-order valence-electron chi connectivity index (χ0n) is 9.64. The van der Waals surface area contributed by atoms with Crippen molar-refractivity contribution in [1.82, 2.24) is 0 Å². The predicted molar refractivity (Wildman–Crippen MR) is 67.2 cm³/mol. The molecule has 0 saturated carbocycles. The summed E-state index contributed by atoms with van der Waals surface area (Å²) in [6, 6.07) is 6.14. The van der Waals surface area contributed by atoms with E-state index in [4.69, 9.17) is 16.3 Å². The summed E-state index contributed by atoms with van der Waals surface area (Å²) in [6.07, 6.45) is 0.735. The Bertz CT molecular complexity index is 452. The molecule has 0 amide bonds. The number of hydrogen-bond acceptors (Lipinski definition) is 1. The Morgan fingerprint density at radius 1 is 1.44 bits per heavy atom. The molecule has 1 aromatic rings. The summed E-state index contributed by atoms with van der Waals surface area (Å²) >= 11 is 5.58. The molecule has 0 fully saturated rings. The molecule has 1 heterocycles. The second kappa shape index (κ2) is 4.39. The van der Waals surface area contributed by atoms with Crippen LogP contribution in [0.2, 0.25) is 0 Å². The largest absolute Gasteiger partial charge is 0.492 e. The fraction of sp³-hybridized carbons (Fsp3) is 0.429. The molecule has 1 aliphatic heterocycles. The van der Waals surface area contributed by atoms with Crippen LogP contribution in [0, 0.1) is 11.8 Å². The summed E-state index contributed by atoms with van der Waals surface area (Å²) in [6.45, 7) is 5.13. The minimum atomic E-state index is 0.0967. The van der Waals surface area contributed by atoms with Crippen molar-refractivity contribution in [2.45, 2.75) is 25.7 Å². The Balaban J connectivity index is 2.30. The zero-order valence-corrected chi connectivity index (χ0v) is 10.4. The molecule has 0 spiro atoms. The van der Waals surface area contributed by atoms with Gasteiger partial charge in [0.1, 0.15) is 5.75 Å². The SMILES string of the molecule is CC1(C)COc2ccc(C#CCCCl)cc21. The summed E-state index contributed by atoms with van der Waals surface area (Å²) < 4.78 is 5.63. The van der Waals surface area contributed by atoms with Crippen molar-refractivity contribution in [3.8, 4) is 17.6 Å². The van der Waals surface area contributed by atoms with Crippen molar-refractivity contribution in [1.29, 1.82) is 0 Å². The maximum Gasteiger partial charge on any atom is 0.123 e. The van der Waals surface area contributed by atoms with E-state index in [0.29, 0.717) is 5.88 Å². The van der Waals surface area contributed by atoms with Gasteiger partial charge in [-0.1, -0.05) is 25.7 Å². The second-order valence-corrected chi connectivity index (χ2v) is 5.00. The van der Waals surface area contributed by atoms with Gasteiger partial charge >= 0.3 is 0 Å². The maximum atomic E-state index is 5.63.